The molecule has 0 radical (unpaired) electrons. The van der Waals surface area contributed by atoms with E-state index in [1.54, 1.807) is 35.4 Å². The van der Waals surface area contributed by atoms with Crippen LogP contribution in [0.15, 0.2) is 67.1 Å². The van der Waals surface area contributed by atoms with Gasteiger partial charge in [-0.1, -0.05) is 11.3 Å². The second-order valence-corrected chi connectivity index (χ2v) is 5.44. The predicted molar refractivity (Wildman–Crippen MR) is 92.1 cm³/mol. The van der Waals surface area contributed by atoms with Gasteiger partial charge < -0.3 is 5.32 Å². The van der Waals surface area contributed by atoms with Crippen LogP contribution in [-0.2, 0) is 6.54 Å². The molecule has 1 amide bonds. The Morgan fingerprint density at radius 3 is 2.68 bits per heavy atom. The van der Waals surface area contributed by atoms with Gasteiger partial charge in [0.05, 0.1) is 5.69 Å². The molecular formula is C18H14N6O. The number of fused-ring (bicyclic) bond motifs is 1. The lowest BCUT2D eigenvalue weighted by molar-refractivity contribution is 0.0951. The van der Waals surface area contributed by atoms with E-state index in [0.29, 0.717) is 17.8 Å². The smallest absolute Gasteiger partial charge is 0.251 e. The quantitative estimate of drug-likeness (QED) is 0.619. The van der Waals surface area contributed by atoms with Crippen LogP contribution in [-0.4, -0.2) is 30.9 Å². The number of nitrogens with one attached hydrogen (secondary N) is 1. The van der Waals surface area contributed by atoms with Gasteiger partial charge in [0.15, 0.2) is 5.65 Å². The summed E-state index contributed by atoms with van der Waals surface area (Å²) in [7, 11) is 0. The third-order valence-corrected chi connectivity index (χ3v) is 3.76. The molecule has 1 aromatic carbocycles. The highest BCUT2D eigenvalue weighted by atomic mass is 16.1. The van der Waals surface area contributed by atoms with Gasteiger partial charge in [-0.3, -0.25) is 9.78 Å². The molecule has 0 saturated heterocycles. The Kier molecular flexibility index (Phi) is 3.88. The minimum absolute atomic E-state index is 0.142. The van der Waals surface area contributed by atoms with E-state index >= 15 is 0 Å². The van der Waals surface area contributed by atoms with Crippen LogP contribution >= 0.6 is 0 Å². The molecule has 4 rings (SSSR count). The lowest BCUT2D eigenvalue weighted by atomic mass is 10.2. The molecule has 0 atom stereocenters. The molecule has 0 bridgehead atoms. The zero-order chi connectivity index (χ0) is 17.1. The summed E-state index contributed by atoms with van der Waals surface area (Å²) in [6.45, 7) is 0.437. The Morgan fingerprint density at radius 1 is 1.04 bits per heavy atom. The summed E-state index contributed by atoms with van der Waals surface area (Å²) in [6.07, 6.45) is 5.13. The average molecular weight is 330 g/mol. The molecule has 122 valence electrons. The summed E-state index contributed by atoms with van der Waals surface area (Å²) in [5, 5.41) is 11.1. The van der Waals surface area contributed by atoms with Crippen LogP contribution in [0.3, 0.4) is 0 Å². The minimum atomic E-state index is -0.142. The summed E-state index contributed by atoms with van der Waals surface area (Å²) >= 11 is 0. The van der Waals surface area contributed by atoms with Gasteiger partial charge in [-0.15, -0.1) is 5.10 Å². The number of carbonyl (C=O) groups excluding carboxylic acids is 1. The largest absolute Gasteiger partial charge is 0.348 e. The first-order valence-electron chi connectivity index (χ1n) is 7.75. The normalized spacial score (nSPS) is 10.7. The van der Waals surface area contributed by atoms with Crippen LogP contribution in [0.2, 0.25) is 0 Å². The number of aromatic nitrogens is 5. The molecule has 0 spiro atoms. The van der Waals surface area contributed by atoms with Crippen molar-refractivity contribution in [2.75, 3.05) is 0 Å². The lowest BCUT2D eigenvalue weighted by Gasteiger charge is -2.06. The van der Waals surface area contributed by atoms with Gasteiger partial charge in [-0.2, -0.15) is 4.68 Å². The van der Waals surface area contributed by atoms with Crippen molar-refractivity contribution in [3.8, 4) is 5.69 Å². The molecule has 25 heavy (non-hydrogen) atoms. The minimum Gasteiger partial charge on any atom is -0.348 e. The maximum absolute atomic E-state index is 12.2. The predicted octanol–water partition coefficient (Wildman–Crippen LogP) is 2.14. The van der Waals surface area contributed by atoms with Crippen molar-refractivity contribution in [1.29, 1.82) is 0 Å². The Labute approximate surface area is 143 Å². The Bertz CT molecular complexity index is 1010. The highest BCUT2D eigenvalue weighted by molar-refractivity contribution is 5.94. The van der Waals surface area contributed by atoms with Crippen LogP contribution in [0.25, 0.3) is 16.9 Å². The highest BCUT2D eigenvalue weighted by Crippen LogP contribution is 2.14. The molecule has 3 aromatic heterocycles. The van der Waals surface area contributed by atoms with Crippen molar-refractivity contribution in [2.45, 2.75) is 6.54 Å². The van der Waals surface area contributed by atoms with Gasteiger partial charge in [0, 0.05) is 30.7 Å². The van der Waals surface area contributed by atoms with Crippen molar-refractivity contribution in [3.63, 3.8) is 0 Å². The van der Waals surface area contributed by atoms with Crippen molar-refractivity contribution in [2.24, 2.45) is 0 Å². The molecule has 0 aliphatic heterocycles. The van der Waals surface area contributed by atoms with Crippen LogP contribution in [0.1, 0.15) is 15.9 Å². The van der Waals surface area contributed by atoms with Gasteiger partial charge in [-0.25, -0.2) is 4.98 Å². The van der Waals surface area contributed by atoms with E-state index in [1.165, 1.54) is 0 Å². The summed E-state index contributed by atoms with van der Waals surface area (Å²) in [6, 6.07) is 14.6. The molecule has 7 nitrogen and oxygen atoms in total. The number of rotatable bonds is 4. The number of hydrogen-bond donors (Lipinski definition) is 1. The molecule has 0 unspecified atom stereocenters. The fourth-order valence-electron chi connectivity index (χ4n) is 2.48. The molecule has 0 saturated carbocycles. The first-order chi connectivity index (χ1) is 12.3. The molecule has 4 aromatic rings. The summed E-state index contributed by atoms with van der Waals surface area (Å²) < 4.78 is 1.65. The zero-order valence-electron chi connectivity index (χ0n) is 13.2. The van der Waals surface area contributed by atoms with Gasteiger partial charge >= 0.3 is 0 Å². The number of carbonyl (C=O) groups is 1. The number of benzene rings is 1. The Hall–Kier alpha value is -3.61. The Balaban J connectivity index is 1.51. The third kappa shape index (κ3) is 3.07. The average Bonchev–Trinajstić information content (AvgIpc) is 3.11. The van der Waals surface area contributed by atoms with Crippen molar-refractivity contribution >= 4 is 17.1 Å². The Morgan fingerprint density at radius 2 is 1.88 bits per heavy atom. The van der Waals surface area contributed by atoms with Crippen LogP contribution < -0.4 is 5.32 Å². The molecule has 0 fully saturated rings. The standard InChI is InChI=1S/C18H14N6O/c25-18(21-12-13-3-1-9-19-11-13)14-5-7-15(8-6-14)24-17-16(22-23-24)4-2-10-20-17/h1-11H,12H2,(H,21,25). The van der Waals surface area contributed by atoms with E-state index in [1.807, 2.05) is 36.4 Å². The zero-order valence-corrected chi connectivity index (χ0v) is 13.2. The SMILES string of the molecule is O=C(NCc1cccnc1)c1ccc(-n2nnc3cccnc32)cc1. The second kappa shape index (κ2) is 6.48. The van der Waals surface area contributed by atoms with E-state index in [9.17, 15) is 4.79 Å². The van der Waals surface area contributed by atoms with Crippen molar-refractivity contribution < 1.29 is 4.79 Å². The summed E-state index contributed by atoms with van der Waals surface area (Å²) in [5.41, 5.74) is 3.72. The molecule has 3 heterocycles. The van der Waals surface area contributed by atoms with Gasteiger partial charge in [-0.05, 0) is 48.0 Å². The van der Waals surface area contributed by atoms with E-state index in [-0.39, 0.29) is 5.91 Å². The van der Waals surface area contributed by atoms with Crippen LogP contribution in [0.5, 0.6) is 0 Å². The molecule has 0 aliphatic carbocycles. The number of nitrogens with zero attached hydrogens (tertiary/aromatic N) is 5. The summed E-state index contributed by atoms with van der Waals surface area (Å²) in [4.78, 5) is 20.6. The van der Waals surface area contributed by atoms with E-state index in [4.69, 9.17) is 0 Å². The summed E-state index contributed by atoms with van der Waals surface area (Å²) in [5.74, 6) is -0.142. The van der Waals surface area contributed by atoms with E-state index < -0.39 is 0 Å². The van der Waals surface area contributed by atoms with E-state index in [0.717, 1.165) is 16.8 Å². The van der Waals surface area contributed by atoms with Crippen LogP contribution in [0, 0.1) is 0 Å². The number of pyridine rings is 2. The number of hydrogen-bond acceptors (Lipinski definition) is 5. The van der Waals surface area contributed by atoms with Crippen molar-refractivity contribution in [3.05, 3.63) is 78.2 Å². The molecular weight excluding hydrogens is 316 g/mol. The van der Waals surface area contributed by atoms with Crippen LogP contribution in [0.4, 0.5) is 0 Å². The maximum atomic E-state index is 12.2. The first-order valence-corrected chi connectivity index (χ1v) is 7.75. The topological polar surface area (TPSA) is 85.6 Å². The second-order valence-electron chi connectivity index (χ2n) is 5.44. The van der Waals surface area contributed by atoms with Gasteiger partial charge in [0.2, 0.25) is 0 Å². The monoisotopic (exact) mass is 330 g/mol. The fourth-order valence-corrected chi connectivity index (χ4v) is 2.48. The molecule has 7 heteroatoms. The third-order valence-electron chi connectivity index (χ3n) is 3.76. The fraction of sp³-hybridized carbons (Fsp3) is 0.0556. The number of amides is 1. The van der Waals surface area contributed by atoms with Gasteiger partial charge in [0.25, 0.3) is 5.91 Å². The molecule has 1 N–H and O–H groups in total. The maximum Gasteiger partial charge on any atom is 0.251 e. The highest BCUT2D eigenvalue weighted by Gasteiger charge is 2.09. The van der Waals surface area contributed by atoms with E-state index in [2.05, 4.69) is 25.6 Å². The van der Waals surface area contributed by atoms with Crippen molar-refractivity contribution in [1.82, 2.24) is 30.3 Å². The first kappa shape index (κ1) is 14.9. The molecule has 0 aliphatic rings. The lowest BCUT2D eigenvalue weighted by Crippen LogP contribution is -2.22. The van der Waals surface area contributed by atoms with Gasteiger partial charge in [0.1, 0.15) is 5.52 Å².